The molecule has 0 spiro atoms. The van der Waals surface area contributed by atoms with Crippen LogP contribution in [0.5, 0.6) is 0 Å². The average Bonchev–Trinajstić information content (AvgIpc) is 2.26. The fourth-order valence-corrected chi connectivity index (χ4v) is 1.08. The third kappa shape index (κ3) is 3.14. The molecule has 0 fully saturated rings. The van der Waals surface area contributed by atoms with Crippen LogP contribution >= 0.6 is 0 Å². The van der Waals surface area contributed by atoms with Crippen LogP contribution in [0.25, 0.3) is 0 Å². The first-order chi connectivity index (χ1) is 6.74. The maximum atomic E-state index is 11.1. The van der Waals surface area contributed by atoms with Gasteiger partial charge in [-0.2, -0.15) is 0 Å². The second-order valence-corrected chi connectivity index (χ2v) is 3.07. The summed E-state index contributed by atoms with van der Waals surface area (Å²) in [4.78, 5) is 15.1. The van der Waals surface area contributed by atoms with E-state index >= 15 is 0 Å². The summed E-state index contributed by atoms with van der Waals surface area (Å²) in [6.07, 6.45) is 3.48. The monoisotopic (exact) mass is 193 g/mol. The molecule has 1 amide bonds. The number of hydrogen-bond acceptors (Lipinski definition) is 3. The summed E-state index contributed by atoms with van der Waals surface area (Å²) in [5.41, 5.74) is 1.12. The number of likely N-dealkylation sites (N-methyl/N-ethyl adjacent to an activating group) is 1. The Morgan fingerprint density at radius 2 is 2.14 bits per heavy atom. The lowest BCUT2D eigenvalue weighted by Gasteiger charge is -2.11. The van der Waals surface area contributed by atoms with E-state index in [4.69, 9.17) is 0 Å². The molecule has 0 aliphatic heterocycles. The summed E-state index contributed by atoms with van der Waals surface area (Å²) in [5.74, 6) is -0.000874. The van der Waals surface area contributed by atoms with Crippen LogP contribution in [-0.4, -0.2) is 24.0 Å². The Hall–Kier alpha value is -1.42. The van der Waals surface area contributed by atoms with Crippen molar-refractivity contribution in [1.82, 2.24) is 15.6 Å². The van der Waals surface area contributed by atoms with Crippen molar-refractivity contribution in [2.75, 3.05) is 7.05 Å². The van der Waals surface area contributed by atoms with Gasteiger partial charge in [0.25, 0.3) is 0 Å². The first kappa shape index (κ1) is 10.7. The summed E-state index contributed by atoms with van der Waals surface area (Å²) in [7, 11) is 1.63. The fourth-order valence-electron chi connectivity index (χ4n) is 1.08. The van der Waals surface area contributed by atoms with Gasteiger partial charge in [0.05, 0.1) is 6.04 Å². The summed E-state index contributed by atoms with van der Waals surface area (Å²) in [6.45, 7) is 2.51. The molecular weight excluding hydrogens is 178 g/mol. The predicted molar refractivity (Wildman–Crippen MR) is 54.6 cm³/mol. The standard InChI is InChI=1S/C10H15N3O/c1-8(10(14)11-2)13-7-9-3-5-12-6-4-9/h3-6,8,13H,7H2,1-2H3,(H,11,14). The number of aromatic nitrogens is 1. The molecule has 0 aromatic carbocycles. The molecule has 1 atom stereocenters. The number of hydrogen-bond donors (Lipinski definition) is 2. The van der Waals surface area contributed by atoms with E-state index in [-0.39, 0.29) is 11.9 Å². The van der Waals surface area contributed by atoms with Gasteiger partial charge < -0.3 is 10.6 Å². The van der Waals surface area contributed by atoms with Gasteiger partial charge in [-0.05, 0) is 24.6 Å². The fraction of sp³-hybridized carbons (Fsp3) is 0.400. The molecule has 2 N–H and O–H groups in total. The minimum atomic E-state index is -0.173. The zero-order chi connectivity index (χ0) is 10.4. The number of carbonyl (C=O) groups is 1. The first-order valence-electron chi connectivity index (χ1n) is 4.58. The van der Waals surface area contributed by atoms with Gasteiger partial charge in [-0.3, -0.25) is 9.78 Å². The van der Waals surface area contributed by atoms with Crippen molar-refractivity contribution < 1.29 is 4.79 Å². The Labute approximate surface area is 83.7 Å². The van der Waals surface area contributed by atoms with Crippen LogP contribution in [0.3, 0.4) is 0 Å². The van der Waals surface area contributed by atoms with E-state index in [0.717, 1.165) is 5.56 Å². The Balaban J connectivity index is 2.38. The molecule has 1 aromatic heterocycles. The van der Waals surface area contributed by atoms with E-state index in [1.165, 1.54) is 0 Å². The van der Waals surface area contributed by atoms with Gasteiger partial charge in [0, 0.05) is 26.0 Å². The van der Waals surface area contributed by atoms with Gasteiger partial charge in [-0.25, -0.2) is 0 Å². The van der Waals surface area contributed by atoms with Gasteiger partial charge in [0.2, 0.25) is 5.91 Å². The molecule has 0 aliphatic carbocycles. The second-order valence-electron chi connectivity index (χ2n) is 3.07. The van der Waals surface area contributed by atoms with E-state index in [1.54, 1.807) is 19.4 Å². The highest BCUT2D eigenvalue weighted by Gasteiger charge is 2.08. The van der Waals surface area contributed by atoms with E-state index in [9.17, 15) is 4.79 Å². The van der Waals surface area contributed by atoms with Gasteiger partial charge >= 0.3 is 0 Å². The summed E-state index contributed by atoms with van der Waals surface area (Å²) < 4.78 is 0. The molecule has 1 rings (SSSR count). The minimum Gasteiger partial charge on any atom is -0.358 e. The van der Waals surface area contributed by atoms with Crippen LogP contribution in [0.4, 0.5) is 0 Å². The van der Waals surface area contributed by atoms with Crippen molar-refractivity contribution in [3.05, 3.63) is 30.1 Å². The van der Waals surface area contributed by atoms with Crippen molar-refractivity contribution in [3.8, 4) is 0 Å². The summed E-state index contributed by atoms with van der Waals surface area (Å²) in [6, 6.07) is 3.67. The molecule has 1 unspecified atom stereocenters. The molecule has 0 radical (unpaired) electrons. The van der Waals surface area contributed by atoms with Crippen LogP contribution in [0.2, 0.25) is 0 Å². The number of carbonyl (C=O) groups excluding carboxylic acids is 1. The Kier molecular flexibility index (Phi) is 4.07. The molecule has 1 aromatic rings. The van der Waals surface area contributed by atoms with Gasteiger partial charge in [0.1, 0.15) is 0 Å². The Morgan fingerprint density at radius 1 is 1.50 bits per heavy atom. The van der Waals surface area contributed by atoms with Gasteiger partial charge in [-0.15, -0.1) is 0 Å². The SMILES string of the molecule is CNC(=O)C(C)NCc1ccncc1. The van der Waals surface area contributed by atoms with Crippen LogP contribution in [0.1, 0.15) is 12.5 Å². The smallest absolute Gasteiger partial charge is 0.236 e. The lowest BCUT2D eigenvalue weighted by atomic mass is 10.2. The van der Waals surface area contributed by atoms with Crippen molar-refractivity contribution >= 4 is 5.91 Å². The van der Waals surface area contributed by atoms with Crippen LogP contribution < -0.4 is 10.6 Å². The van der Waals surface area contributed by atoms with E-state index in [1.807, 2.05) is 19.1 Å². The van der Waals surface area contributed by atoms with Crippen LogP contribution in [0, 0.1) is 0 Å². The van der Waals surface area contributed by atoms with Gasteiger partial charge in [-0.1, -0.05) is 0 Å². The number of pyridine rings is 1. The number of nitrogens with one attached hydrogen (secondary N) is 2. The van der Waals surface area contributed by atoms with E-state index < -0.39 is 0 Å². The Morgan fingerprint density at radius 3 is 2.71 bits per heavy atom. The summed E-state index contributed by atoms with van der Waals surface area (Å²) in [5, 5.41) is 5.70. The van der Waals surface area contributed by atoms with E-state index in [2.05, 4.69) is 15.6 Å². The lowest BCUT2D eigenvalue weighted by Crippen LogP contribution is -2.40. The Bertz CT molecular complexity index is 287. The van der Waals surface area contributed by atoms with Gasteiger partial charge in [0.15, 0.2) is 0 Å². The number of nitrogens with zero attached hydrogens (tertiary/aromatic N) is 1. The zero-order valence-electron chi connectivity index (χ0n) is 8.45. The molecule has 1 heterocycles. The van der Waals surface area contributed by atoms with Crippen molar-refractivity contribution in [2.24, 2.45) is 0 Å². The highest BCUT2D eigenvalue weighted by atomic mass is 16.2. The maximum Gasteiger partial charge on any atom is 0.236 e. The highest BCUT2D eigenvalue weighted by molar-refractivity contribution is 5.80. The number of amides is 1. The molecule has 0 saturated carbocycles. The highest BCUT2D eigenvalue weighted by Crippen LogP contribution is 1.95. The normalized spacial score (nSPS) is 12.1. The third-order valence-electron chi connectivity index (χ3n) is 2.00. The molecule has 14 heavy (non-hydrogen) atoms. The quantitative estimate of drug-likeness (QED) is 0.723. The molecule has 0 aliphatic rings. The van der Waals surface area contributed by atoms with Crippen LogP contribution in [0.15, 0.2) is 24.5 Å². The molecular formula is C10H15N3O. The molecule has 4 nitrogen and oxygen atoms in total. The molecule has 76 valence electrons. The maximum absolute atomic E-state index is 11.1. The van der Waals surface area contributed by atoms with E-state index in [0.29, 0.717) is 6.54 Å². The first-order valence-corrected chi connectivity index (χ1v) is 4.58. The lowest BCUT2D eigenvalue weighted by molar-refractivity contribution is -0.122. The average molecular weight is 193 g/mol. The second kappa shape index (κ2) is 5.34. The topological polar surface area (TPSA) is 54.0 Å². The van der Waals surface area contributed by atoms with Crippen molar-refractivity contribution in [2.45, 2.75) is 19.5 Å². The molecule has 4 heteroatoms. The number of rotatable bonds is 4. The zero-order valence-corrected chi connectivity index (χ0v) is 8.45. The molecule has 0 saturated heterocycles. The van der Waals surface area contributed by atoms with Crippen molar-refractivity contribution in [3.63, 3.8) is 0 Å². The molecule has 0 bridgehead atoms. The minimum absolute atomic E-state index is 0.000874. The van der Waals surface area contributed by atoms with Crippen molar-refractivity contribution in [1.29, 1.82) is 0 Å². The predicted octanol–water partition coefficient (Wildman–Crippen LogP) is 0.306. The third-order valence-corrected chi connectivity index (χ3v) is 2.00. The summed E-state index contributed by atoms with van der Waals surface area (Å²) >= 11 is 0. The van der Waals surface area contributed by atoms with Crippen LogP contribution in [-0.2, 0) is 11.3 Å². The largest absolute Gasteiger partial charge is 0.358 e.